The topological polar surface area (TPSA) is 0 Å². The number of rotatable bonds is 1. The molecule has 0 nitrogen and oxygen atoms in total. The Morgan fingerprint density at radius 3 is 1.56 bits per heavy atom. The summed E-state index contributed by atoms with van der Waals surface area (Å²) in [5, 5.41) is 22.2. The molecule has 0 bridgehead atoms. The maximum Gasteiger partial charge on any atom is -0.0000513 e. The van der Waals surface area contributed by atoms with Crippen molar-refractivity contribution in [3.63, 3.8) is 0 Å². The smallest absolute Gasteiger partial charge is 0.0000513 e. The molecule has 160 valence electrons. The van der Waals surface area contributed by atoms with Crippen molar-refractivity contribution in [3.05, 3.63) is 68.8 Å². The van der Waals surface area contributed by atoms with Crippen LogP contribution in [-0.2, 0) is 25.7 Å². The summed E-state index contributed by atoms with van der Waals surface area (Å²) in [6, 6.07) is 10.2. The van der Waals surface area contributed by atoms with Crippen molar-refractivity contribution in [1.82, 2.24) is 0 Å². The van der Waals surface area contributed by atoms with Gasteiger partial charge in [-0.25, -0.2) is 0 Å². The summed E-state index contributed by atoms with van der Waals surface area (Å²) in [7, 11) is 0. The van der Waals surface area contributed by atoms with Crippen LogP contribution in [0.4, 0.5) is 0 Å². The molecule has 0 N–H and O–H groups in total. The Kier molecular flexibility index (Phi) is 2.45. The summed E-state index contributed by atoms with van der Waals surface area (Å²) in [4.78, 5) is 0. The highest BCUT2D eigenvalue weighted by atomic mass is 14.4. The first-order valence-electron chi connectivity index (χ1n) is 13.0. The van der Waals surface area contributed by atoms with Crippen LogP contribution >= 0.6 is 0 Å². The Hall–Kier alpha value is -3.38. The summed E-state index contributed by atoms with van der Waals surface area (Å²) in [5.41, 5.74) is 12.3. The van der Waals surface area contributed by atoms with E-state index in [4.69, 9.17) is 0 Å². The van der Waals surface area contributed by atoms with Crippen molar-refractivity contribution in [2.24, 2.45) is 0 Å². The number of aryl methyl sites for hydroxylation is 6. The maximum atomic E-state index is 2.60. The summed E-state index contributed by atoms with van der Waals surface area (Å²) in [5.74, 6) is 0. The second-order valence-electron chi connectivity index (χ2n) is 11.5. The molecule has 0 amide bonds. The van der Waals surface area contributed by atoms with Gasteiger partial charge in [-0.05, 0) is 166 Å². The highest BCUT2D eigenvalue weighted by Gasteiger charge is 2.35. The molecule has 0 aromatic heterocycles. The van der Waals surface area contributed by atoms with Gasteiger partial charge in [0.1, 0.15) is 0 Å². The van der Waals surface area contributed by atoms with Crippen molar-refractivity contribution >= 4 is 75.4 Å². The van der Waals surface area contributed by atoms with Gasteiger partial charge in [-0.3, -0.25) is 0 Å². The van der Waals surface area contributed by atoms with Crippen LogP contribution in [0.5, 0.6) is 0 Å². The van der Waals surface area contributed by atoms with Crippen LogP contribution in [-0.4, -0.2) is 0 Å². The van der Waals surface area contributed by atoms with Crippen LogP contribution < -0.4 is 0 Å². The standard InChI is InChI=1S/C34H24/c1-5-16-10-19-12-20-11-18-7-6-17-9-15(4)22-21-13(2)8-14(3)23-24(16)31-27(19)28(20)32-26(18)25(17)30(22)34(32)33(31)29(21)23/h8-11H,5-7,12H2,1-4H3. The van der Waals surface area contributed by atoms with E-state index in [2.05, 4.69) is 52.0 Å². The second-order valence-corrected chi connectivity index (χ2v) is 11.5. The van der Waals surface area contributed by atoms with Crippen LogP contribution in [0.2, 0.25) is 0 Å². The second kappa shape index (κ2) is 4.86. The third-order valence-electron chi connectivity index (χ3n) is 9.98. The molecule has 0 heterocycles. The largest absolute Gasteiger partial charge is 0.0613 e. The molecule has 0 saturated heterocycles. The first-order chi connectivity index (χ1) is 16.6. The molecular formula is C34H24. The third-order valence-corrected chi connectivity index (χ3v) is 9.98. The summed E-state index contributed by atoms with van der Waals surface area (Å²) in [6.07, 6.45) is 4.58. The van der Waals surface area contributed by atoms with E-state index in [-0.39, 0.29) is 0 Å². The van der Waals surface area contributed by atoms with E-state index in [1.807, 2.05) is 0 Å². The monoisotopic (exact) mass is 432 g/mol. The Morgan fingerprint density at radius 1 is 0.441 bits per heavy atom. The van der Waals surface area contributed by atoms with Gasteiger partial charge in [-0.1, -0.05) is 31.2 Å². The molecule has 34 heavy (non-hydrogen) atoms. The highest BCUT2D eigenvalue weighted by Crippen LogP contribution is 2.61. The predicted octanol–water partition coefficient (Wildman–Crippen LogP) is 9.00. The minimum absolute atomic E-state index is 1.10. The minimum Gasteiger partial charge on any atom is -0.0613 e. The molecule has 10 rings (SSSR count). The van der Waals surface area contributed by atoms with Gasteiger partial charge in [0, 0.05) is 0 Å². The first-order valence-corrected chi connectivity index (χ1v) is 13.0. The van der Waals surface area contributed by atoms with Crippen LogP contribution in [0, 0.1) is 20.8 Å². The molecule has 0 unspecified atom stereocenters. The summed E-state index contributed by atoms with van der Waals surface area (Å²) >= 11 is 0. The Labute approximate surface area is 197 Å². The quantitative estimate of drug-likeness (QED) is 0.227. The van der Waals surface area contributed by atoms with E-state index in [1.54, 1.807) is 92.5 Å². The van der Waals surface area contributed by atoms with E-state index in [0.29, 0.717) is 0 Å². The average Bonchev–Trinajstić information content (AvgIpc) is 3.47. The lowest BCUT2D eigenvalue weighted by Gasteiger charge is -2.18. The molecule has 8 aromatic rings. The lowest BCUT2D eigenvalue weighted by molar-refractivity contribution is 0.965. The van der Waals surface area contributed by atoms with Gasteiger partial charge in [0.05, 0.1) is 0 Å². The van der Waals surface area contributed by atoms with Crippen molar-refractivity contribution < 1.29 is 0 Å². The molecular weight excluding hydrogens is 408 g/mol. The first kappa shape index (κ1) is 17.1. The molecule has 0 heteroatoms. The Morgan fingerprint density at radius 2 is 0.882 bits per heavy atom. The van der Waals surface area contributed by atoms with E-state index in [1.165, 1.54) is 40.3 Å². The molecule has 0 fully saturated rings. The fourth-order valence-corrected chi connectivity index (χ4v) is 9.05. The van der Waals surface area contributed by atoms with Gasteiger partial charge in [-0.15, -0.1) is 0 Å². The van der Waals surface area contributed by atoms with Crippen LogP contribution in [0.3, 0.4) is 0 Å². The summed E-state index contributed by atoms with van der Waals surface area (Å²) < 4.78 is 0. The minimum atomic E-state index is 1.10. The average molecular weight is 433 g/mol. The normalized spacial score (nSPS) is 15.4. The zero-order valence-corrected chi connectivity index (χ0v) is 20.1. The van der Waals surface area contributed by atoms with E-state index < -0.39 is 0 Å². The molecule has 8 aromatic carbocycles. The molecule has 0 aliphatic heterocycles. The van der Waals surface area contributed by atoms with Crippen molar-refractivity contribution in [3.8, 4) is 0 Å². The van der Waals surface area contributed by atoms with Gasteiger partial charge in [0.15, 0.2) is 0 Å². The van der Waals surface area contributed by atoms with E-state index in [0.717, 1.165) is 12.8 Å². The number of hydrogen-bond donors (Lipinski definition) is 0. The molecule has 0 spiro atoms. The number of fused-ring (bicyclic) bond motifs is 2. The van der Waals surface area contributed by atoms with E-state index >= 15 is 0 Å². The van der Waals surface area contributed by atoms with E-state index in [9.17, 15) is 0 Å². The molecule has 0 atom stereocenters. The maximum absolute atomic E-state index is 2.60. The fourth-order valence-electron chi connectivity index (χ4n) is 9.05. The zero-order valence-electron chi connectivity index (χ0n) is 20.1. The molecule has 0 saturated carbocycles. The zero-order chi connectivity index (χ0) is 22.4. The van der Waals surface area contributed by atoms with Crippen LogP contribution in [0.25, 0.3) is 75.4 Å². The third kappa shape index (κ3) is 1.43. The fraction of sp³-hybridized carbons (Fsp3) is 0.235. The van der Waals surface area contributed by atoms with Gasteiger partial charge in [0.2, 0.25) is 0 Å². The van der Waals surface area contributed by atoms with Crippen molar-refractivity contribution in [2.75, 3.05) is 0 Å². The van der Waals surface area contributed by atoms with Crippen molar-refractivity contribution in [2.45, 2.75) is 53.4 Å². The van der Waals surface area contributed by atoms with Crippen LogP contribution in [0.1, 0.15) is 51.4 Å². The van der Waals surface area contributed by atoms with Gasteiger partial charge in [-0.2, -0.15) is 0 Å². The highest BCUT2D eigenvalue weighted by molar-refractivity contribution is 6.56. The van der Waals surface area contributed by atoms with Gasteiger partial charge >= 0.3 is 0 Å². The molecule has 0 radical (unpaired) electrons. The van der Waals surface area contributed by atoms with Gasteiger partial charge in [0.25, 0.3) is 0 Å². The lowest BCUT2D eigenvalue weighted by atomic mass is 9.85. The molecule has 2 aliphatic rings. The van der Waals surface area contributed by atoms with Crippen molar-refractivity contribution in [1.29, 1.82) is 0 Å². The van der Waals surface area contributed by atoms with Gasteiger partial charge < -0.3 is 0 Å². The Balaban J connectivity index is 1.79. The lowest BCUT2D eigenvalue weighted by Crippen LogP contribution is -2.00. The molecule has 2 aliphatic carbocycles. The Bertz CT molecular complexity index is 2240. The predicted molar refractivity (Wildman–Crippen MR) is 148 cm³/mol. The van der Waals surface area contributed by atoms with Crippen LogP contribution in [0.15, 0.2) is 24.3 Å². The summed E-state index contributed by atoms with van der Waals surface area (Å²) in [6.45, 7) is 9.43. The number of benzene rings is 6. The SMILES string of the molecule is CCc1cc2c3c4c(cc5c6c7c(cc(C)c8c9c(C)cc(C)c%10c1c3c(c9%10)c(c87)c64)CC5)C2. The number of hydrogen-bond acceptors (Lipinski definition) is 0.